The highest BCUT2D eigenvalue weighted by molar-refractivity contribution is 5.75. The van der Waals surface area contributed by atoms with E-state index < -0.39 is 23.6 Å². The quantitative estimate of drug-likeness (QED) is 0.788. The van der Waals surface area contributed by atoms with Gasteiger partial charge in [0.15, 0.2) is 0 Å². The molecule has 0 aliphatic carbocycles. The fourth-order valence-corrected chi connectivity index (χ4v) is 1.21. The van der Waals surface area contributed by atoms with Crippen LogP contribution in [0.5, 0.6) is 0 Å². The Morgan fingerprint density at radius 2 is 2.20 bits per heavy atom. The van der Waals surface area contributed by atoms with Crippen LogP contribution in [0.2, 0.25) is 0 Å². The van der Waals surface area contributed by atoms with E-state index in [2.05, 4.69) is 5.32 Å². The minimum atomic E-state index is -0.543. The van der Waals surface area contributed by atoms with Crippen LogP contribution in [0.15, 0.2) is 18.2 Å². The van der Waals surface area contributed by atoms with Crippen LogP contribution in [0.3, 0.4) is 0 Å². The molecule has 82 valence electrons. The summed E-state index contributed by atoms with van der Waals surface area (Å²) in [6, 6.07) is 2.72. The third-order valence-electron chi connectivity index (χ3n) is 2.01. The third kappa shape index (κ3) is 3.28. The molecular weight excluding hydrogens is 202 g/mol. The molecule has 1 amide bonds. The molecular formula is C10H12F2N2O. The van der Waals surface area contributed by atoms with Crippen molar-refractivity contribution in [2.45, 2.75) is 13.0 Å². The molecule has 0 bridgehead atoms. The number of carbonyl (C=O) groups excluding carboxylic acids is 1. The first kappa shape index (κ1) is 11.6. The largest absolute Gasteiger partial charge is 0.369 e. The van der Waals surface area contributed by atoms with Crippen molar-refractivity contribution in [3.63, 3.8) is 0 Å². The van der Waals surface area contributed by atoms with Crippen LogP contribution in [0.4, 0.5) is 8.78 Å². The summed E-state index contributed by atoms with van der Waals surface area (Å²) in [7, 11) is 0. The summed E-state index contributed by atoms with van der Waals surface area (Å²) >= 11 is 0. The van der Waals surface area contributed by atoms with Gasteiger partial charge in [-0.25, -0.2) is 8.78 Å². The molecule has 0 fully saturated rings. The first-order valence-corrected chi connectivity index (χ1v) is 4.47. The van der Waals surface area contributed by atoms with Crippen LogP contribution in [0.1, 0.15) is 18.5 Å². The van der Waals surface area contributed by atoms with Gasteiger partial charge in [0, 0.05) is 11.6 Å². The standard InChI is InChI=1S/C10H12F2N2O/c1-6(14-5-10(13)15)8-4-7(11)2-3-9(8)12/h2-4,6,14H,5H2,1H3,(H2,13,15). The van der Waals surface area contributed by atoms with E-state index in [0.29, 0.717) is 0 Å². The Hall–Kier alpha value is -1.49. The van der Waals surface area contributed by atoms with Gasteiger partial charge in [-0.2, -0.15) is 0 Å². The second-order valence-electron chi connectivity index (χ2n) is 3.23. The van der Waals surface area contributed by atoms with E-state index in [1.54, 1.807) is 6.92 Å². The van der Waals surface area contributed by atoms with E-state index in [1.807, 2.05) is 0 Å². The first-order chi connectivity index (χ1) is 7.00. The van der Waals surface area contributed by atoms with Gasteiger partial charge in [-0.3, -0.25) is 4.79 Å². The lowest BCUT2D eigenvalue weighted by Crippen LogP contribution is -2.30. The fraction of sp³-hybridized carbons (Fsp3) is 0.300. The van der Waals surface area contributed by atoms with Crippen LogP contribution < -0.4 is 11.1 Å². The molecule has 0 saturated carbocycles. The van der Waals surface area contributed by atoms with Crippen LogP contribution in [0.25, 0.3) is 0 Å². The summed E-state index contributed by atoms with van der Waals surface area (Å²) in [6.07, 6.45) is 0. The lowest BCUT2D eigenvalue weighted by Gasteiger charge is -2.13. The lowest BCUT2D eigenvalue weighted by molar-refractivity contribution is -0.117. The van der Waals surface area contributed by atoms with Gasteiger partial charge in [0.2, 0.25) is 5.91 Å². The van der Waals surface area contributed by atoms with E-state index >= 15 is 0 Å². The summed E-state index contributed by atoms with van der Waals surface area (Å²) < 4.78 is 26.0. The van der Waals surface area contributed by atoms with Crippen LogP contribution in [-0.2, 0) is 4.79 Å². The molecule has 1 unspecified atom stereocenters. The van der Waals surface area contributed by atoms with Gasteiger partial charge in [0.05, 0.1) is 6.54 Å². The third-order valence-corrected chi connectivity index (χ3v) is 2.01. The van der Waals surface area contributed by atoms with Crippen LogP contribution >= 0.6 is 0 Å². The lowest BCUT2D eigenvalue weighted by atomic mass is 10.1. The van der Waals surface area contributed by atoms with Gasteiger partial charge in [-0.05, 0) is 25.1 Å². The van der Waals surface area contributed by atoms with Crippen molar-refractivity contribution in [2.75, 3.05) is 6.54 Å². The Balaban J connectivity index is 2.76. The molecule has 3 N–H and O–H groups in total. The number of rotatable bonds is 4. The number of nitrogens with two attached hydrogens (primary N) is 1. The molecule has 0 aliphatic rings. The normalized spacial score (nSPS) is 12.5. The highest BCUT2D eigenvalue weighted by atomic mass is 19.1. The van der Waals surface area contributed by atoms with Gasteiger partial charge in [-0.1, -0.05) is 0 Å². The van der Waals surface area contributed by atoms with Crippen molar-refractivity contribution < 1.29 is 13.6 Å². The fourth-order valence-electron chi connectivity index (χ4n) is 1.21. The maximum atomic E-state index is 13.2. The molecule has 0 radical (unpaired) electrons. The number of carbonyl (C=O) groups is 1. The predicted octanol–water partition coefficient (Wildman–Crippen LogP) is 1.10. The van der Waals surface area contributed by atoms with E-state index in [-0.39, 0.29) is 12.1 Å². The molecule has 1 rings (SSSR count). The van der Waals surface area contributed by atoms with Gasteiger partial charge < -0.3 is 11.1 Å². The molecule has 1 aromatic rings. The second-order valence-corrected chi connectivity index (χ2v) is 3.23. The number of nitrogens with one attached hydrogen (secondary N) is 1. The number of halogens is 2. The van der Waals surface area contributed by atoms with Crippen LogP contribution in [-0.4, -0.2) is 12.5 Å². The molecule has 5 heteroatoms. The molecule has 0 heterocycles. The predicted molar refractivity (Wildman–Crippen MR) is 52.0 cm³/mol. The Bertz CT molecular complexity index is 368. The van der Waals surface area contributed by atoms with Crippen molar-refractivity contribution in [3.8, 4) is 0 Å². The molecule has 1 aromatic carbocycles. The zero-order valence-electron chi connectivity index (χ0n) is 8.26. The van der Waals surface area contributed by atoms with Crippen LogP contribution in [0, 0.1) is 11.6 Å². The van der Waals surface area contributed by atoms with Gasteiger partial charge in [0.1, 0.15) is 11.6 Å². The topological polar surface area (TPSA) is 55.1 Å². The number of primary amides is 1. The summed E-state index contributed by atoms with van der Waals surface area (Å²) in [4.78, 5) is 10.5. The first-order valence-electron chi connectivity index (χ1n) is 4.47. The second kappa shape index (κ2) is 4.84. The number of hydrogen-bond acceptors (Lipinski definition) is 2. The average molecular weight is 214 g/mol. The Kier molecular flexibility index (Phi) is 3.74. The van der Waals surface area contributed by atoms with Crippen molar-refractivity contribution in [3.05, 3.63) is 35.4 Å². The van der Waals surface area contributed by atoms with Crippen molar-refractivity contribution in [2.24, 2.45) is 5.73 Å². The highest BCUT2D eigenvalue weighted by Gasteiger charge is 2.11. The van der Waals surface area contributed by atoms with Crippen molar-refractivity contribution in [1.82, 2.24) is 5.32 Å². The summed E-state index contributed by atoms with van der Waals surface area (Å²) in [5.74, 6) is -1.57. The van der Waals surface area contributed by atoms with Gasteiger partial charge >= 0.3 is 0 Å². The number of hydrogen-bond donors (Lipinski definition) is 2. The smallest absolute Gasteiger partial charge is 0.231 e. The number of benzene rings is 1. The van der Waals surface area contributed by atoms with E-state index in [9.17, 15) is 13.6 Å². The zero-order chi connectivity index (χ0) is 11.4. The van der Waals surface area contributed by atoms with Crippen molar-refractivity contribution in [1.29, 1.82) is 0 Å². The molecule has 0 aromatic heterocycles. The Morgan fingerprint density at radius 3 is 2.80 bits per heavy atom. The monoisotopic (exact) mass is 214 g/mol. The summed E-state index contributed by atoms with van der Waals surface area (Å²) in [6.45, 7) is 1.55. The SMILES string of the molecule is CC(NCC(N)=O)c1cc(F)ccc1F. The van der Waals surface area contributed by atoms with E-state index in [1.165, 1.54) is 0 Å². The number of amides is 1. The molecule has 0 saturated heterocycles. The van der Waals surface area contributed by atoms with Gasteiger partial charge in [0.25, 0.3) is 0 Å². The highest BCUT2D eigenvalue weighted by Crippen LogP contribution is 2.17. The minimum absolute atomic E-state index is 0.0723. The molecule has 0 spiro atoms. The summed E-state index contributed by atoms with van der Waals surface area (Å²) in [5.41, 5.74) is 5.09. The zero-order valence-corrected chi connectivity index (χ0v) is 8.26. The molecule has 3 nitrogen and oxygen atoms in total. The molecule has 15 heavy (non-hydrogen) atoms. The molecule has 1 atom stereocenters. The minimum Gasteiger partial charge on any atom is -0.369 e. The Morgan fingerprint density at radius 1 is 1.53 bits per heavy atom. The van der Waals surface area contributed by atoms with E-state index in [0.717, 1.165) is 18.2 Å². The maximum absolute atomic E-state index is 13.2. The van der Waals surface area contributed by atoms with E-state index in [4.69, 9.17) is 5.73 Å². The van der Waals surface area contributed by atoms with Gasteiger partial charge in [-0.15, -0.1) is 0 Å². The molecule has 0 aliphatic heterocycles. The van der Waals surface area contributed by atoms with Crippen molar-refractivity contribution >= 4 is 5.91 Å². The average Bonchev–Trinajstić information content (AvgIpc) is 2.18. The maximum Gasteiger partial charge on any atom is 0.231 e. The Labute approximate surface area is 86.3 Å². The summed E-state index contributed by atoms with van der Waals surface area (Å²) in [5, 5.41) is 2.69.